The number of carbonyl (C=O) groups excluding carboxylic acids is 1. The quantitative estimate of drug-likeness (QED) is 0.621. The minimum atomic E-state index is -1.02. The fraction of sp³-hybridized carbons (Fsp3) is 0.533. The molecule has 0 amide bonds. The van der Waals surface area contributed by atoms with E-state index in [0.29, 0.717) is 17.9 Å². The second kappa shape index (κ2) is 11.6. The first-order chi connectivity index (χ1) is 9.69. The molecule has 0 aliphatic rings. The first-order valence-electron chi connectivity index (χ1n) is 7.05. The second-order valence-corrected chi connectivity index (χ2v) is 5.22. The molecule has 0 bridgehead atoms. The Morgan fingerprint density at radius 3 is 2.30 bits per heavy atom. The Morgan fingerprint density at radius 1 is 1.20 bits per heavy atom. The zero-order chi connectivity index (χ0) is 15.4. The molecule has 0 heterocycles. The normalized spacial score (nSPS) is 11.2. The van der Waals surface area contributed by atoms with Gasteiger partial charge in [0.15, 0.2) is 0 Å². The minimum absolute atomic E-state index is 0.345. The van der Waals surface area contributed by atoms with E-state index in [1.807, 2.05) is 20.8 Å². The van der Waals surface area contributed by atoms with Gasteiger partial charge in [-0.1, -0.05) is 20.8 Å². The molecule has 1 aromatic rings. The van der Waals surface area contributed by atoms with Gasteiger partial charge in [0, 0.05) is 17.2 Å². The van der Waals surface area contributed by atoms with E-state index in [1.54, 1.807) is 31.2 Å². The summed E-state index contributed by atoms with van der Waals surface area (Å²) in [5.41, 5.74) is 0.490. The zero-order valence-corrected chi connectivity index (χ0v) is 13.6. The number of benzene rings is 1. The summed E-state index contributed by atoms with van der Waals surface area (Å²) in [6, 6.07) is 6.74. The van der Waals surface area contributed by atoms with Gasteiger partial charge in [-0.15, -0.1) is 0 Å². The molecule has 0 fully saturated rings. The summed E-state index contributed by atoms with van der Waals surface area (Å²) in [5.74, 6) is 0.231. The van der Waals surface area contributed by atoms with E-state index >= 15 is 0 Å². The van der Waals surface area contributed by atoms with E-state index < -0.39 is 10.8 Å². The van der Waals surface area contributed by atoms with E-state index in [1.165, 1.54) is 0 Å². The monoisotopic (exact) mass is 299 g/mol. The highest BCUT2D eigenvalue weighted by Crippen LogP contribution is 2.10. The smallest absolute Gasteiger partial charge is 0.338 e. The Hall–Kier alpha value is -1.20. The van der Waals surface area contributed by atoms with Crippen molar-refractivity contribution < 1.29 is 13.7 Å². The van der Waals surface area contributed by atoms with E-state index in [0.717, 1.165) is 18.0 Å². The van der Waals surface area contributed by atoms with Crippen molar-refractivity contribution in [1.82, 2.24) is 5.32 Å². The van der Waals surface area contributed by atoms with Crippen LogP contribution in [-0.4, -0.2) is 35.6 Å². The van der Waals surface area contributed by atoms with E-state index in [9.17, 15) is 9.00 Å². The summed E-state index contributed by atoms with van der Waals surface area (Å²) in [5, 5.41) is 3.13. The average molecular weight is 299 g/mol. The molecule has 20 heavy (non-hydrogen) atoms. The molecule has 0 aliphatic heterocycles. The van der Waals surface area contributed by atoms with Crippen LogP contribution >= 0.6 is 0 Å². The third kappa shape index (κ3) is 6.82. The van der Waals surface area contributed by atoms with Gasteiger partial charge in [-0.2, -0.15) is 0 Å². The highest BCUT2D eigenvalue weighted by Gasteiger charge is 2.08. The minimum Gasteiger partial charge on any atom is -0.462 e. The van der Waals surface area contributed by atoms with E-state index in [2.05, 4.69) is 5.32 Å². The van der Waals surface area contributed by atoms with Crippen LogP contribution in [0.15, 0.2) is 29.2 Å². The molecule has 0 radical (unpaired) electrons. The Morgan fingerprint density at radius 2 is 1.80 bits per heavy atom. The molecule has 0 saturated heterocycles. The fourth-order valence-corrected chi connectivity index (χ4v) is 2.42. The van der Waals surface area contributed by atoms with Crippen LogP contribution in [0, 0.1) is 0 Å². The Bertz CT molecular complexity index is 404. The Kier molecular flexibility index (Phi) is 10.9. The van der Waals surface area contributed by atoms with Crippen LogP contribution in [0.5, 0.6) is 0 Å². The average Bonchev–Trinajstić information content (AvgIpc) is 2.50. The molecule has 1 rings (SSSR count). The summed E-state index contributed by atoms with van der Waals surface area (Å²) in [4.78, 5) is 12.2. The fourth-order valence-electron chi connectivity index (χ4n) is 1.42. The number of nitrogens with one attached hydrogen (secondary N) is 1. The molecule has 0 spiro atoms. The van der Waals surface area contributed by atoms with Gasteiger partial charge in [0.25, 0.3) is 0 Å². The number of rotatable bonds is 7. The lowest BCUT2D eigenvalue weighted by Gasteiger charge is -2.05. The first kappa shape index (κ1) is 18.8. The molecule has 1 N–H and O–H groups in total. The summed E-state index contributed by atoms with van der Waals surface area (Å²) in [6.45, 7) is 9.73. The standard InChI is InChI=1S/C13H19NO3S.C2H6/c1-3-14-9-10-18(16)12-7-5-11(6-8-12)13(15)17-4-2;1-2/h5-8,14H,3-4,9-10H2,1-2H3;1-2H3. The molecule has 0 aliphatic carbocycles. The van der Waals surface area contributed by atoms with Crippen molar-refractivity contribution in [3.63, 3.8) is 0 Å². The van der Waals surface area contributed by atoms with Gasteiger partial charge in [0.05, 0.1) is 23.0 Å². The van der Waals surface area contributed by atoms with Crippen molar-refractivity contribution in [3.05, 3.63) is 29.8 Å². The maximum atomic E-state index is 11.9. The van der Waals surface area contributed by atoms with Crippen LogP contribution < -0.4 is 5.32 Å². The SMILES string of the molecule is CC.CCNCCS(=O)c1ccc(C(=O)OCC)cc1. The summed E-state index contributed by atoms with van der Waals surface area (Å²) in [7, 11) is -1.02. The largest absolute Gasteiger partial charge is 0.462 e. The van der Waals surface area contributed by atoms with Gasteiger partial charge in [0.1, 0.15) is 0 Å². The van der Waals surface area contributed by atoms with Gasteiger partial charge in [-0.3, -0.25) is 4.21 Å². The van der Waals surface area contributed by atoms with Crippen LogP contribution in [-0.2, 0) is 15.5 Å². The van der Waals surface area contributed by atoms with Gasteiger partial charge in [-0.25, -0.2) is 4.79 Å². The van der Waals surface area contributed by atoms with Crippen molar-refractivity contribution in [3.8, 4) is 0 Å². The summed E-state index contributed by atoms with van der Waals surface area (Å²) >= 11 is 0. The molecular formula is C15H25NO3S. The Balaban J connectivity index is 0.00000172. The van der Waals surface area contributed by atoms with Crippen LogP contribution in [0.3, 0.4) is 0 Å². The highest BCUT2D eigenvalue weighted by molar-refractivity contribution is 7.85. The van der Waals surface area contributed by atoms with Gasteiger partial charge in [-0.05, 0) is 37.7 Å². The van der Waals surface area contributed by atoms with Crippen molar-refractivity contribution in [2.24, 2.45) is 0 Å². The lowest BCUT2D eigenvalue weighted by molar-refractivity contribution is 0.0526. The van der Waals surface area contributed by atoms with Crippen molar-refractivity contribution >= 4 is 16.8 Å². The summed E-state index contributed by atoms with van der Waals surface area (Å²) in [6.07, 6.45) is 0. The number of esters is 1. The maximum absolute atomic E-state index is 11.9. The molecule has 0 saturated carbocycles. The predicted molar refractivity (Wildman–Crippen MR) is 83.6 cm³/mol. The lowest BCUT2D eigenvalue weighted by Crippen LogP contribution is -2.19. The van der Waals surface area contributed by atoms with Crippen molar-refractivity contribution in [2.45, 2.75) is 32.6 Å². The van der Waals surface area contributed by atoms with Gasteiger partial charge < -0.3 is 10.1 Å². The predicted octanol–water partition coefficient (Wildman–Crippen LogP) is 2.61. The zero-order valence-electron chi connectivity index (χ0n) is 12.8. The first-order valence-corrected chi connectivity index (χ1v) is 8.37. The number of carbonyl (C=O) groups is 1. The molecule has 4 nitrogen and oxygen atoms in total. The Labute approximate surface area is 124 Å². The molecule has 0 aromatic heterocycles. The van der Waals surface area contributed by atoms with Gasteiger partial charge >= 0.3 is 5.97 Å². The summed E-state index contributed by atoms with van der Waals surface area (Å²) < 4.78 is 16.8. The van der Waals surface area contributed by atoms with Crippen LogP contribution in [0.1, 0.15) is 38.1 Å². The molecule has 1 atom stereocenters. The topological polar surface area (TPSA) is 55.4 Å². The molecular weight excluding hydrogens is 274 g/mol. The highest BCUT2D eigenvalue weighted by atomic mass is 32.2. The van der Waals surface area contributed by atoms with Crippen LogP contribution in [0.2, 0.25) is 0 Å². The molecule has 1 unspecified atom stereocenters. The van der Waals surface area contributed by atoms with E-state index in [4.69, 9.17) is 4.74 Å². The maximum Gasteiger partial charge on any atom is 0.338 e. The van der Waals surface area contributed by atoms with Crippen molar-refractivity contribution in [2.75, 3.05) is 25.4 Å². The lowest BCUT2D eigenvalue weighted by atomic mass is 10.2. The van der Waals surface area contributed by atoms with Crippen LogP contribution in [0.4, 0.5) is 0 Å². The van der Waals surface area contributed by atoms with E-state index in [-0.39, 0.29) is 5.97 Å². The van der Waals surface area contributed by atoms with Crippen LogP contribution in [0.25, 0.3) is 0 Å². The van der Waals surface area contributed by atoms with Crippen molar-refractivity contribution in [1.29, 1.82) is 0 Å². The molecule has 5 heteroatoms. The number of ether oxygens (including phenoxy) is 1. The third-order valence-electron chi connectivity index (χ3n) is 2.34. The number of hydrogen-bond acceptors (Lipinski definition) is 4. The molecule has 1 aromatic carbocycles. The number of hydrogen-bond donors (Lipinski definition) is 1. The molecule has 114 valence electrons. The third-order valence-corrected chi connectivity index (χ3v) is 3.72. The second-order valence-electron chi connectivity index (χ2n) is 3.65. The van der Waals surface area contributed by atoms with Gasteiger partial charge in [0.2, 0.25) is 0 Å².